The molecule has 2 atom stereocenters. The lowest BCUT2D eigenvalue weighted by atomic mass is 9.87. The molecule has 5 rings (SSSR count). The number of fused-ring (bicyclic) bond motifs is 2. The molecule has 2 heterocycles. The van der Waals surface area contributed by atoms with Crippen molar-refractivity contribution in [2.75, 3.05) is 11.4 Å². The van der Waals surface area contributed by atoms with Crippen LogP contribution in [0.2, 0.25) is 0 Å². The van der Waals surface area contributed by atoms with Gasteiger partial charge in [0.1, 0.15) is 12.4 Å². The first-order chi connectivity index (χ1) is 16.3. The summed E-state index contributed by atoms with van der Waals surface area (Å²) in [6.45, 7) is 1.62. The van der Waals surface area contributed by atoms with E-state index in [0.717, 1.165) is 9.98 Å². The number of benzene rings is 3. The van der Waals surface area contributed by atoms with Crippen LogP contribution in [-0.4, -0.2) is 42.2 Å². The molecule has 0 saturated carbocycles. The first-order valence-electron chi connectivity index (χ1n) is 10.8. The molecule has 0 saturated heterocycles. The first-order valence-corrected chi connectivity index (χ1v) is 12.2. The lowest BCUT2D eigenvalue weighted by Gasteiger charge is -2.32. The second kappa shape index (κ2) is 8.25. The molecule has 0 aliphatic carbocycles. The number of carboxylic acids is 1. The monoisotopic (exact) mass is 479 g/mol. The van der Waals surface area contributed by atoms with E-state index in [-0.39, 0.29) is 24.0 Å². The fraction of sp³-hybridized carbons (Fsp3) is 0.200. The Kier molecular flexibility index (Phi) is 5.36. The quantitative estimate of drug-likeness (QED) is 0.601. The van der Waals surface area contributed by atoms with Gasteiger partial charge in [0, 0.05) is 17.3 Å². The Bertz CT molecular complexity index is 1410. The molecule has 2 aliphatic heterocycles. The number of rotatable bonds is 5. The maximum Gasteiger partial charge on any atom is 0.323 e. The second-order valence-electron chi connectivity index (χ2n) is 8.40. The second-order valence-corrected chi connectivity index (χ2v) is 10.2. The summed E-state index contributed by atoms with van der Waals surface area (Å²) in [5.41, 5.74) is 2.86. The molecular formula is C25H22FN3O4S. The molecule has 2 unspecified atom stereocenters. The highest BCUT2D eigenvalue weighted by Gasteiger charge is 2.44. The molecule has 0 bridgehead atoms. The minimum Gasteiger partial charge on any atom is -0.480 e. The van der Waals surface area contributed by atoms with Gasteiger partial charge >= 0.3 is 5.97 Å². The molecule has 2 aliphatic rings. The summed E-state index contributed by atoms with van der Waals surface area (Å²) < 4.78 is 42.3. The molecule has 0 radical (unpaired) electrons. The number of hydrazone groups is 1. The molecule has 0 aromatic heterocycles. The lowest BCUT2D eigenvalue weighted by molar-refractivity contribution is -0.135. The molecule has 1 N–H and O–H groups in total. The van der Waals surface area contributed by atoms with Crippen LogP contribution in [0.25, 0.3) is 0 Å². The predicted molar refractivity (Wildman–Crippen MR) is 126 cm³/mol. The molecule has 7 nitrogen and oxygen atoms in total. The Morgan fingerprint density at radius 3 is 2.50 bits per heavy atom. The van der Waals surface area contributed by atoms with Crippen LogP contribution < -0.4 is 4.90 Å². The number of hydrogen-bond donors (Lipinski definition) is 1. The van der Waals surface area contributed by atoms with Gasteiger partial charge in [-0.2, -0.15) is 17.9 Å². The van der Waals surface area contributed by atoms with Gasteiger partial charge in [0.15, 0.2) is 0 Å². The van der Waals surface area contributed by atoms with Crippen molar-refractivity contribution >= 4 is 27.4 Å². The van der Waals surface area contributed by atoms with Crippen LogP contribution in [0.5, 0.6) is 0 Å². The third-order valence-electron chi connectivity index (χ3n) is 6.31. The van der Waals surface area contributed by atoms with Gasteiger partial charge in [0.25, 0.3) is 10.0 Å². The minimum absolute atomic E-state index is 0.0386. The van der Waals surface area contributed by atoms with Crippen LogP contribution in [0.4, 0.5) is 10.1 Å². The third kappa shape index (κ3) is 3.62. The van der Waals surface area contributed by atoms with E-state index in [1.54, 1.807) is 35.2 Å². The number of anilines is 1. The zero-order valence-corrected chi connectivity index (χ0v) is 19.1. The largest absolute Gasteiger partial charge is 0.480 e. The molecule has 9 heteroatoms. The number of aliphatic carboxylic acids is 1. The number of nitrogens with zero attached hydrogens (tertiary/aromatic N) is 3. The van der Waals surface area contributed by atoms with Crippen molar-refractivity contribution in [3.05, 3.63) is 95.3 Å². The van der Waals surface area contributed by atoms with E-state index in [9.17, 15) is 22.7 Å². The molecule has 174 valence electrons. The fourth-order valence-corrected chi connectivity index (χ4v) is 6.22. The molecule has 3 aromatic carbocycles. The molecule has 3 aromatic rings. The smallest absolute Gasteiger partial charge is 0.323 e. The Balaban J connectivity index is 1.68. The summed E-state index contributed by atoms with van der Waals surface area (Å²) in [7, 11) is -3.92. The average molecular weight is 480 g/mol. The van der Waals surface area contributed by atoms with E-state index in [1.165, 1.54) is 12.1 Å². The van der Waals surface area contributed by atoms with Crippen LogP contribution in [0.1, 0.15) is 29.5 Å². The van der Waals surface area contributed by atoms with E-state index < -0.39 is 27.7 Å². The van der Waals surface area contributed by atoms with Crippen molar-refractivity contribution in [2.45, 2.75) is 30.3 Å². The Morgan fingerprint density at radius 1 is 1.06 bits per heavy atom. The molecule has 0 fully saturated rings. The van der Waals surface area contributed by atoms with Crippen molar-refractivity contribution < 1.29 is 22.7 Å². The van der Waals surface area contributed by atoms with E-state index in [0.29, 0.717) is 22.5 Å². The average Bonchev–Trinajstić information content (AvgIpc) is 3.06. The molecule has 34 heavy (non-hydrogen) atoms. The van der Waals surface area contributed by atoms with Gasteiger partial charge < -0.3 is 10.0 Å². The highest BCUT2D eigenvalue weighted by molar-refractivity contribution is 7.89. The van der Waals surface area contributed by atoms with Crippen LogP contribution in [-0.2, 0) is 21.4 Å². The van der Waals surface area contributed by atoms with Gasteiger partial charge in [0.05, 0.1) is 23.1 Å². The number of halogens is 1. The van der Waals surface area contributed by atoms with Gasteiger partial charge in [-0.1, -0.05) is 48.5 Å². The number of hydrogen-bond acceptors (Lipinski definition) is 5. The zero-order chi connectivity index (χ0) is 24.0. The van der Waals surface area contributed by atoms with Crippen molar-refractivity contribution in [3.63, 3.8) is 0 Å². The van der Waals surface area contributed by atoms with Crippen LogP contribution in [0.3, 0.4) is 0 Å². The summed E-state index contributed by atoms with van der Waals surface area (Å²) >= 11 is 0. The summed E-state index contributed by atoms with van der Waals surface area (Å²) in [6.07, 6.45) is 0. The van der Waals surface area contributed by atoms with E-state index in [1.807, 2.05) is 37.3 Å². The first kappa shape index (κ1) is 22.1. The third-order valence-corrected chi connectivity index (χ3v) is 7.98. The van der Waals surface area contributed by atoms with Gasteiger partial charge in [0.2, 0.25) is 0 Å². The highest BCUT2D eigenvalue weighted by atomic mass is 32.2. The summed E-state index contributed by atoms with van der Waals surface area (Å²) in [6, 6.07) is 19.6. The van der Waals surface area contributed by atoms with Crippen molar-refractivity contribution in [1.29, 1.82) is 0 Å². The maximum absolute atomic E-state index is 14.3. The van der Waals surface area contributed by atoms with E-state index in [2.05, 4.69) is 5.10 Å². The number of carbonyl (C=O) groups is 1. The van der Waals surface area contributed by atoms with Crippen LogP contribution in [0.15, 0.2) is 82.8 Å². The van der Waals surface area contributed by atoms with Gasteiger partial charge in [-0.15, -0.1) is 0 Å². The number of sulfonamides is 1. The summed E-state index contributed by atoms with van der Waals surface area (Å²) in [5.74, 6) is -1.99. The summed E-state index contributed by atoms with van der Waals surface area (Å²) in [4.78, 5) is 13.4. The standard InChI is InChI=1S/C25H22FN3O4S/c1-16-24(20-13-18(26)11-12-21(20)28(16)15-23(30)31)25-19-9-5-6-10-22(19)34(32,33)29(27-25)14-17-7-3-2-4-8-17/h2-13,16,24H,14-15H2,1H3,(H,30,31). The molecule has 0 spiro atoms. The topological polar surface area (TPSA) is 90.3 Å². The zero-order valence-electron chi connectivity index (χ0n) is 18.3. The maximum atomic E-state index is 14.3. The number of carboxylic acid groups (broad SMARTS) is 1. The van der Waals surface area contributed by atoms with Gasteiger partial charge in [-0.3, -0.25) is 4.79 Å². The Hall–Kier alpha value is -3.72. The van der Waals surface area contributed by atoms with Gasteiger partial charge in [-0.25, -0.2) is 4.39 Å². The minimum atomic E-state index is -3.92. The predicted octanol–water partition coefficient (Wildman–Crippen LogP) is 3.81. The lowest BCUT2D eigenvalue weighted by Crippen LogP contribution is -2.40. The van der Waals surface area contributed by atoms with Crippen molar-refractivity contribution in [1.82, 2.24) is 4.41 Å². The van der Waals surface area contributed by atoms with Crippen molar-refractivity contribution in [3.8, 4) is 0 Å². The molecular weight excluding hydrogens is 457 g/mol. The van der Waals surface area contributed by atoms with Crippen LogP contribution in [0, 0.1) is 5.82 Å². The van der Waals surface area contributed by atoms with E-state index >= 15 is 0 Å². The van der Waals surface area contributed by atoms with Gasteiger partial charge in [-0.05, 0) is 42.3 Å². The Morgan fingerprint density at radius 2 is 1.76 bits per heavy atom. The van der Waals surface area contributed by atoms with Crippen LogP contribution >= 0.6 is 0 Å². The normalized spacial score (nSPS) is 20.5. The van der Waals surface area contributed by atoms with Crippen molar-refractivity contribution in [2.24, 2.45) is 5.10 Å². The highest BCUT2D eigenvalue weighted by Crippen LogP contribution is 2.45. The SMILES string of the molecule is CC1C(C2=NN(Cc3ccccc3)S(=O)(=O)c3ccccc32)c2cc(F)ccc2N1CC(=O)O. The van der Waals surface area contributed by atoms with E-state index in [4.69, 9.17) is 0 Å². The molecule has 0 amide bonds. The fourth-order valence-electron chi connectivity index (χ4n) is 4.78. The summed E-state index contributed by atoms with van der Waals surface area (Å²) in [5, 5.41) is 14.1. The Labute approximate surface area is 196 Å².